The van der Waals surface area contributed by atoms with Gasteiger partial charge < -0.3 is 15.4 Å². The van der Waals surface area contributed by atoms with E-state index in [0.717, 1.165) is 30.9 Å². The maximum absolute atomic E-state index is 6.45. The highest BCUT2D eigenvalue weighted by atomic mass is 16.5. The monoisotopic (exact) mass is 249 g/mol. The molecule has 1 aliphatic rings. The summed E-state index contributed by atoms with van der Waals surface area (Å²) in [4.78, 5) is 4.68. The molecule has 1 aromatic carbocycles. The molecule has 0 aromatic heterocycles. The second kappa shape index (κ2) is 5.69. The van der Waals surface area contributed by atoms with Gasteiger partial charge in [-0.15, -0.1) is 0 Å². The molecule has 18 heavy (non-hydrogen) atoms. The fraction of sp³-hybridized carbons (Fsp3) is 0.571. The van der Waals surface area contributed by atoms with Gasteiger partial charge in [-0.3, -0.25) is 4.90 Å². The minimum Gasteiger partial charge on any atom is -0.496 e. The van der Waals surface area contributed by atoms with Crippen LogP contribution in [-0.4, -0.2) is 56.7 Å². The van der Waals surface area contributed by atoms with Crippen LogP contribution in [0.2, 0.25) is 0 Å². The van der Waals surface area contributed by atoms with Gasteiger partial charge in [0.15, 0.2) is 0 Å². The van der Waals surface area contributed by atoms with E-state index in [4.69, 9.17) is 10.5 Å². The first kappa shape index (κ1) is 13.3. The number of methoxy groups -OCH3 is 1. The lowest BCUT2D eigenvalue weighted by Crippen LogP contribution is -2.54. The molecule has 0 bridgehead atoms. The molecule has 1 aliphatic heterocycles. The lowest BCUT2D eigenvalue weighted by molar-refractivity contribution is 0.0968. The normalized spacial score (nSPS) is 23.9. The molecule has 1 aromatic rings. The number of nitrogens with two attached hydrogens (primary N) is 1. The van der Waals surface area contributed by atoms with Crippen molar-refractivity contribution in [2.24, 2.45) is 5.73 Å². The third-order valence-electron chi connectivity index (χ3n) is 3.81. The second-order valence-corrected chi connectivity index (χ2v) is 5.08. The average molecular weight is 249 g/mol. The number of ether oxygens (including phenoxy) is 1. The van der Waals surface area contributed by atoms with Crippen LogP contribution >= 0.6 is 0 Å². The Hall–Kier alpha value is -1.10. The Labute approximate surface area is 109 Å². The van der Waals surface area contributed by atoms with Crippen molar-refractivity contribution >= 4 is 0 Å². The van der Waals surface area contributed by atoms with Gasteiger partial charge in [-0.1, -0.05) is 18.2 Å². The number of benzene rings is 1. The quantitative estimate of drug-likeness (QED) is 0.866. The molecule has 2 N–H and O–H groups in total. The fourth-order valence-electron chi connectivity index (χ4n) is 2.58. The van der Waals surface area contributed by atoms with Crippen molar-refractivity contribution in [1.82, 2.24) is 9.80 Å². The van der Waals surface area contributed by atoms with Crippen molar-refractivity contribution in [3.63, 3.8) is 0 Å². The third-order valence-corrected chi connectivity index (χ3v) is 3.81. The molecule has 4 heteroatoms. The molecule has 100 valence electrons. The number of hydrogen-bond donors (Lipinski definition) is 1. The van der Waals surface area contributed by atoms with E-state index in [1.807, 2.05) is 18.2 Å². The maximum atomic E-state index is 6.45. The second-order valence-electron chi connectivity index (χ2n) is 5.08. The van der Waals surface area contributed by atoms with Gasteiger partial charge >= 0.3 is 0 Å². The highest BCUT2D eigenvalue weighted by Crippen LogP contribution is 2.28. The smallest absolute Gasteiger partial charge is 0.123 e. The molecule has 2 unspecified atom stereocenters. The van der Waals surface area contributed by atoms with Gasteiger partial charge in [0.1, 0.15) is 5.75 Å². The van der Waals surface area contributed by atoms with Crippen LogP contribution in [0.1, 0.15) is 11.6 Å². The van der Waals surface area contributed by atoms with Crippen LogP contribution in [0.15, 0.2) is 24.3 Å². The van der Waals surface area contributed by atoms with Crippen LogP contribution in [-0.2, 0) is 0 Å². The highest BCUT2D eigenvalue weighted by molar-refractivity contribution is 5.36. The predicted octanol–water partition coefficient (Wildman–Crippen LogP) is 0.941. The number of hydrogen-bond acceptors (Lipinski definition) is 4. The zero-order valence-corrected chi connectivity index (χ0v) is 11.5. The Kier molecular flexibility index (Phi) is 4.22. The Morgan fingerprint density at radius 3 is 2.72 bits per heavy atom. The summed E-state index contributed by atoms with van der Waals surface area (Å²) in [6.07, 6.45) is 0. The average Bonchev–Trinajstić information content (AvgIpc) is 2.40. The lowest BCUT2D eigenvalue weighted by atomic mass is 9.96. The summed E-state index contributed by atoms with van der Waals surface area (Å²) in [5.74, 6) is 0.881. The first-order chi connectivity index (χ1) is 8.63. The van der Waals surface area contributed by atoms with E-state index >= 15 is 0 Å². The Morgan fingerprint density at radius 1 is 1.28 bits per heavy atom. The topological polar surface area (TPSA) is 41.7 Å². The number of para-hydroxylation sites is 1. The standard InChI is InChI=1S/C14H23N3O/c1-16-8-9-17(2)12(10-16)14(15)11-6-4-5-7-13(11)18-3/h4-7,12,14H,8-10,15H2,1-3H3. The zero-order valence-electron chi connectivity index (χ0n) is 11.5. The SMILES string of the molecule is COc1ccccc1C(N)C1CN(C)CCN1C. The Morgan fingerprint density at radius 2 is 2.00 bits per heavy atom. The molecule has 2 rings (SSSR count). The van der Waals surface area contributed by atoms with Gasteiger partial charge in [-0.05, 0) is 20.2 Å². The van der Waals surface area contributed by atoms with Crippen LogP contribution < -0.4 is 10.5 Å². The molecule has 1 saturated heterocycles. The molecule has 0 radical (unpaired) electrons. The molecular weight excluding hydrogens is 226 g/mol. The maximum Gasteiger partial charge on any atom is 0.123 e. The molecular formula is C14H23N3O. The van der Waals surface area contributed by atoms with Crippen molar-refractivity contribution < 1.29 is 4.74 Å². The van der Waals surface area contributed by atoms with Crippen molar-refractivity contribution in [2.45, 2.75) is 12.1 Å². The molecule has 0 amide bonds. The first-order valence-electron chi connectivity index (χ1n) is 6.40. The van der Waals surface area contributed by atoms with Gasteiger partial charge in [-0.2, -0.15) is 0 Å². The minimum absolute atomic E-state index is 0.0195. The van der Waals surface area contributed by atoms with E-state index in [1.54, 1.807) is 7.11 Å². The van der Waals surface area contributed by atoms with E-state index in [0.29, 0.717) is 6.04 Å². The number of likely N-dealkylation sites (N-methyl/N-ethyl adjacent to an activating group) is 2. The first-order valence-corrected chi connectivity index (χ1v) is 6.40. The van der Waals surface area contributed by atoms with E-state index in [2.05, 4.69) is 30.0 Å². The van der Waals surface area contributed by atoms with E-state index in [-0.39, 0.29) is 6.04 Å². The Bertz CT molecular complexity index is 396. The highest BCUT2D eigenvalue weighted by Gasteiger charge is 2.29. The van der Waals surface area contributed by atoms with Crippen molar-refractivity contribution in [3.8, 4) is 5.75 Å². The molecule has 4 nitrogen and oxygen atoms in total. The van der Waals surface area contributed by atoms with Gasteiger partial charge in [0.05, 0.1) is 13.2 Å². The molecule has 2 atom stereocenters. The third kappa shape index (κ3) is 2.66. The van der Waals surface area contributed by atoms with E-state index < -0.39 is 0 Å². The number of nitrogens with zero attached hydrogens (tertiary/aromatic N) is 2. The predicted molar refractivity (Wildman–Crippen MR) is 73.8 cm³/mol. The summed E-state index contributed by atoms with van der Waals surface area (Å²) < 4.78 is 5.41. The lowest BCUT2D eigenvalue weighted by Gasteiger charge is -2.41. The van der Waals surface area contributed by atoms with Crippen LogP contribution in [0.25, 0.3) is 0 Å². The van der Waals surface area contributed by atoms with Gasteiger partial charge in [0, 0.05) is 31.2 Å². The molecule has 1 fully saturated rings. The largest absolute Gasteiger partial charge is 0.496 e. The number of rotatable bonds is 3. The van der Waals surface area contributed by atoms with Crippen LogP contribution in [0, 0.1) is 0 Å². The summed E-state index contributed by atoms with van der Waals surface area (Å²) >= 11 is 0. The number of piperazine rings is 1. The summed E-state index contributed by atoms with van der Waals surface area (Å²) in [6.45, 7) is 3.16. The van der Waals surface area contributed by atoms with Gasteiger partial charge in [0.2, 0.25) is 0 Å². The van der Waals surface area contributed by atoms with Gasteiger partial charge in [0.25, 0.3) is 0 Å². The summed E-state index contributed by atoms with van der Waals surface area (Å²) in [5.41, 5.74) is 7.54. The molecule has 0 spiro atoms. The van der Waals surface area contributed by atoms with Crippen LogP contribution in [0.4, 0.5) is 0 Å². The van der Waals surface area contributed by atoms with Crippen molar-refractivity contribution in [1.29, 1.82) is 0 Å². The van der Waals surface area contributed by atoms with Crippen LogP contribution in [0.3, 0.4) is 0 Å². The van der Waals surface area contributed by atoms with Crippen molar-refractivity contribution in [3.05, 3.63) is 29.8 Å². The zero-order chi connectivity index (χ0) is 13.1. The summed E-state index contributed by atoms with van der Waals surface area (Å²) in [5, 5.41) is 0. The Balaban J connectivity index is 2.21. The molecule has 0 aliphatic carbocycles. The summed E-state index contributed by atoms with van der Waals surface area (Å²) in [6, 6.07) is 8.35. The van der Waals surface area contributed by atoms with Gasteiger partial charge in [-0.25, -0.2) is 0 Å². The van der Waals surface area contributed by atoms with E-state index in [9.17, 15) is 0 Å². The molecule has 0 saturated carbocycles. The van der Waals surface area contributed by atoms with Crippen molar-refractivity contribution in [2.75, 3.05) is 40.8 Å². The fourth-order valence-corrected chi connectivity index (χ4v) is 2.58. The molecule has 1 heterocycles. The summed E-state index contributed by atoms with van der Waals surface area (Å²) in [7, 11) is 5.99. The van der Waals surface area contributed by atoms with Crippen LogP contribution in [0.5, 0.6) is 5.75 Å². The van der Waals surface area contributed by atoms with E-state index in [1.165, 1.54) is 0 Å². The minimum atomic E-state index is -0.0195.